The highest BCUT2D eigenvalue weighted by atomic mass is 32.1. The maximum atomic E-state index is 12.7. The third-order valence-corrected chi connectivity index (χ3v) is 5.15. The highest BCUT2D eigenvalue weighted by Gasteiger charge is 2.18. The van der Waals surface area contributed by atoms with Crippen molar-refractivity contribution in [3.05, 3.63) is 70.5 Å². The van der Waals surface area contributed by atoms with E-state index in [1.165, 1.54) is 0 Å². The van der Waals surface area contributed by atoms with Gasteiger partial charge in [-0.15, -0.1) is 0 Å². The smallest absolute Gasteiger partial charge is 0.224 e. The minimum Gasteiger partial charge on any atom is -0.339 e. The van der Waals surface area contributed by atoms with Crippen LogP contribution in [0.2, 0.25) is 0 Å². The molecule has 1 unspecified atom stereocenters. The minimum atomic E-state index is 0.0206. The van der Waals surface area contributed by atoms with E-state index in [2.05, 4.69) is 16.3 Å². The molecule has 3 rings (SSSR count). The van der Waals surface area contributed by atoms with Gasteiger partial charge in [0.15, 0.2) is 10.6 Å². The Balaban J connectivity index is 1.73. The van der Waals surface area contributed by atoms with Crippen molar-refractivity contribution < 1.29 is 4.79 Å². The number of nitrogens with one attached hydrogen (secondary N) is 1. The van der Waals surface area contributed by atoms with Crippen LogP contribution in [0.1, 0.15) is 30.5 Å². The van der Waals surface area contributed by atoms with Gasteiger partial charge in [0.1, 0.15) is 0 Å². The summed E-state index contributed by atoms with van der Waals surface area (Å²) in [6.45, 7) is 4.57. The molecule has 140 valence electrons. The second-order valence-corrected chi connectivity index (χ2v) is 7.10. The molecule has 1 atom stereocenters. The standard InChI is InChI=1S/C21H24N4OS/c1-15-8-7-11-18(14-15)20-22-23-21(27)25(20)13-12-19(26)24(3)16(2)17-9-5-4-6-10-17/h4-11,14,16H,12-13H2,1-3H3,(H,23,27). The van der Waals surface area contributed by atoms with Crippen LogP contribution in [0.5, 0.6) is 0 Å². The van der Waals surface area contributed by atoms with E-state index in [0.717, 1.165) is 22.5 Å². The summed E-state index contributed by atoms with van der Waals surface area (Å²) in [5, 5.41) is 7.20. The van der Waals surface area contributed by atoms with Crippen molar-refractivity contribution in [3.8, 4) is 11.4 Å². The predicted octanol–water partition coefficient (Wildman–Crippen LogP) is 4.53. The number of hydrogen-bond donors (Lipinski definition) is 1. The van der Waals surface area contributed by atoms with Gasteiger partial charge in [-0.3, -0.25) is 14.5 Å². The van der Waals surface area contributed by atoms with E-state index in [4.69, 9.17) is 12.2 Å². The average molecular weight is 381 g/mol. The SMILES string of the molecule is Cc1cccc(-c2n[nH]c(=S)n2CCC(=O)N(C)C(C)c2ccccc2)c1. The van der Waals surface area contributed by atoms with Crippen LogP contribution < -0.4 is 0 Å². The lowest BCUT2D eigenvalue weighted by atomic mass is 10.1. The lowest BCUT2D eigenvalue weighted by molar-refractivity contribution is -0.132. The first-order chi connectivity index (χ1) is 13.0. The van der Waals surface area contributed by atoms with Gasteiger partial charge in [-0.25, -0.2) is 0 Å². The minimum absolute atomic E-state index is 0.0206. The molecule has 5 nitrogen and oxygen atoms in total. The molecule has 0 saturated heterocycles. The number of benzene rings is 2. The molecule has 0 radical (unpaired) electrons. The van der Waals surface area contributed by atoms with Crippen LogP contribution in [0.3, 0.4) is 0 Å². The number of aromatic amines is 1. The van der Waals surface area contributed by atoms with Crippen molar-refractivity contribution >= 4 is 18.1 Å². The lowest BCUT2D eigenvalue weighted by Gasteiger charge is -2.25. The molecule has 0 aliphatic carbocycles. The molecule has 0 bridgehead atoms. The summed E-state index contributed by atoms with van der Waals surface area (Å²) in [6.07, 6.45) is 0.361. The molecule has 1 heterocycles. The summed E-state index contributed by atoms with van der Waals surface area (Å²) in [4.78, 5) is 14.5. The Morgan fingerprint density at radius 2 is 1.96 bits per heavy atom. The highest BCUT2D eigenvalue weighted by molar-refractivity contribution is 7.71. The fraction of sp³-hybridized carbons (Fsp3) is 0.286. The molecule has 0 saturated carbocycles. The largest absolute Gasteiger partial charge is 0.339 e. The number of carbonyl (C=O) groups is 1. The van der Waals surface area contributed by atoms with Crippen LogP contribution in [-0.2, 0) is 11.3 Å². The monoisotopic (exact) mass is 380 g/mol. The van der Waals surface area contributed by atoms with Crippen LogP contribution in [0.4, 0.5) is 0 Å². The van der Waals surface area contributed by atoms with Crippen molar-refractivity contribution in [1.82, 2.24) is 19.7 Å². The normalized spacial score (nSPS) is 12.0. The molecule has 0 fully saturated rings. The highest BCUT2D eigenvalue weighted by Crippen LogP contribution is 2.21. The van der Waals surface area contributed by atoms with Crippen LogP contribution in [0.25, 0.3) is 11.4 Å². The zero-order chi connectivity index (χ0) is 19.4. The summed E-state index contributed by atoms with van der Waals surface area (Å²) in [7, 11) is 1.84. The summed E-state index contributed by atoms with van der Waals surface area (Å²) < 4.78 is 2.42. The maximum absolute atomic E-state index is 12.7. The molecule has 0 aliphatic heterocycles. The summed E-state index contributed by atoms with van der Waals surface area (Å²) in [6, 6.07) is 18.1. The van der Waals surface area contributed by atoms with E-state index < -0.39 is 0 Å². The van der Waals surface area contributed by atoms with E-state index in [9.17, 15) is 4.79 Å². The first kappa shape index (κ1) is 19.0. The van der Waals surface area contributed by atoms with Gasteiger partial charge in [-0.1, -0.05) is 54.1 Å². The van der Waals surface area contributed by atoms with E-state index >= 15 is 0 Å². The predicted molar refractivity (Wildman–Crippen MR) is 110 cm³/mol. The summed E-state index contributed by atoms with van der Waals surface area (Å²) in [5.41, 5.74) is 3.26. The zero-order valence-corrected chi connectivity index (χ0v) is 16.7. The fourth-order valence-corrected chi connectivity index (χ4v) is 3.31. The van der Waals surface area contributed by atoms with E-state index in [0.29, 0.717) is 17.7 Å². The average Bonchev–Trinajstić information content (AvgIpc) is 3.06. The van der Waals surface area contributed by atoms with Crippen molar-refractivity contribution in [3.63, 3.8) is 0 Å². The first-order valence-corrected chi connectivity index (χ1v) is 9.41. The zero-order valence-electron chi connectivity index (χ0n) is 15.8. The van der Waals surface area contributed by atoms with Gasteiger partial charge in [0.25, 0.3) is 0 Å². The van der Waals surface area contributed by atoms with Crippen molar-refractivity contribution in [2.45, 2.75) is 32.9 Å². The van der Waals surface area contributed by atoms with Crippen LogP contribution in [-0.4, -0.2) is 32.6 Å². The molecule has 0 spiro atoms. The topological polar surface area (TPSA) is 53.9 Å². The van der Waals surface area contributed by atoms with Crippen molar-refractivity contribution in [2.75, 3.05) is 7.05 Å². The van der Waals surface area contributed by atoms with E-state index in [1.807, 2.05) is 74.0 Å². The number of H-pyrrole nitrogens is 1. The Labute approximate surface area is 164 Å². The van der Waals surface area contributed by atoms with E-state index in [1.54, 1.807) is 4.90 Å². The molecule has 27 heavy (non-hydrogen) atoms. The number of aromatic nitrogens is 3. The molecule has 1 aromatic heterocycles. The number of rotatable bonds is 6. The number of amides is 1. The number of aryl methyl sites for hydroxylation is 1. The van der Waals surface area contributed by atoms with Gasteiger partial charge in [-0.05, 0) is 37.7 Å². The van der Waals surface area contributed by atoms with Gasteiger partial charge >= 0.3 is 0 Å². The lowest BCUT2D eigenvalue weighted by Crippen LogP contribution is -2.30. The van der Waals surface area contributed by atoms with Crippen LogP contribution >= 0.6 is 12.2 Å². The van der Waals surface area contributed by atoms with Gasteiger partial charge in [0.2, 0.25) is 5.91 Å². The van der Waals surface area contributed by atoms with Gasteiger partial charge in [0.05, 0.1) is 6.04 Å². The molecule has 0 aliphatic rings. The molecular weight excluding hydrogens is 356 g/mol. The number of hydrogen-bond acceptors (Lipinski definition) is 3. The molecule has 1 N–H and O–H groups in total. The Morgan fingerprint density at radius 1 is 1.22 bits per heavy atom. The molecule has 2 aromatic carbocycles. The molecule has 3 aromatic rings. The van der Waals surface area contributed by atoms with Gasteiger partial charge in [-0.2, -0.15) is 5.10 Å². The van der Waals surface area contributed by atoms with Gasteiger partial charge in [0, 0.05) is 25.6 Å². The maximum Gasteiger partial charge on any atom is 0.224 e. The molecular formula is C21H24N4OS. The number of carbonyl (C=O) groups excluding carboxylic acids is 1. The van der Waals surface area contributed by atoms with Crippen molar-refractivity contribution in [1.29, 1.82) is 0 Å². The summed E-state index contributed by atoms with van der Waals surface area (Å²) >= 11 is 5.37. The van der Waals surface area contributed by atoms with Gasteiger partial charge < -0.3 is 4.90 Å². The Bertz CT molecular complexity index is 977. The summed E-state index contributed by atoms with van der Waals surface area (Å²) in [5.74, 6) is 0.833. The second-order valence-electron chi connectivity index (χ2n) is 6.71. The second kappa shape index (κ2) is 8.31. The molecule has 6 heteroatoms. The van der Waals surface area contributed by atoms with E-state index in [-0.39, 0.29) is 11.9 Å². The fourth-order valence-electron chi connectivity index (χ4n) is 3.08. The molecule has 1 amide bonds. The first-order valence-electron chi connectivity index (χ1n) is 9.00. The Kier molecular flexibility index (Phi) is 5.86. The third-order valence-electron chi connectivity index (χ3n) is 4.84. The van der Waals surface area contributed by atoms with Crippen LogP contribution in [0, 0.1) is 11.7 Å². The number of nitrogens with zero attached hydrogens (tertiary/aromatic N) is 3. The Hall–Kier alpha value is -2.73. The quantitative estimate of drug-likeness (QED) is 0.640. The van der Waals surface area contributed by atoms with Crippen molar-refractivity contribution in [2.24, 2.45) is 0 Å². The Morgan fingerprint density at radius 3 is 2.67 bits per heavy atom. The third kappa shape index (κ3) is 4.34. The van der Waals surface area contributed by atoms with Crippen LogP contribution in [0.15, 0.2) is 54.6 Å².